The lowest BCUT2D eigenvalue weighted by atomic mass is 9.41. The first-order chi connectivity index (χ1) is 18.3. The van der Waals surface area contributed by atoms with Crippen LogP contribution in [-0.4, -0.2) is 18.3 Å². The van der Waals surface area contributed by atoms with Crippen molar-refractivity contribution >= 4 is 29.6 Å². The lowest BCUT2D eigenvalue weighted by molar-refractivity contribution is -0.0419. The molecule has 2 heterocycles. The van der Waals surface area contributed by atoms with E-state index < -0.39 is 0 Å². The van der Waals surface area contributed by atoms with Crippen LogP contribution in [0.4, 0.5) is 17.1 Å². The summed E-state index contributed by atoms with van der Waals surface area (Å²) in [6.45, 7) is 8.60. The van der Waals surface area contributed by atoms with E-state index >= 15 is 0 Å². The molecule has 4 saturated carbocycles. The maximum absolute atomic E-state index is 6.58. The van der Waals surface area contributed by atoms with Crippen molar-refractivity contribution in [2.75, 3.05) is 4.90 Å². The first-order valence-corrected chi connectivity index (χ1v) is 14.7. The Morgan fingerprint density at radius 2 is 1.24 bits per heavy atom. The summed E-state index contributed by atoms with van der Waals surface area (Å²) in [6.07, 6.45) is 6.93. The van der Waals surface area contributed by atoms with Crippen molar-refractivity contribution in [1.29, 1.82) is 0 Å². The molecule has 3 aromatic carbocycles. The van der Waals surface area contributed by atoms with Gasteiger partial charge in [0.2, 0.25) is 0 Å². The zero-order valence-corrected chi connectivity index (χ0v) is 23.1. The molecule has 1 spiro atoms. The predicted molar refractivity (Wildman–Crippen MR) is 155 cm³/mol. The van der Waals surface area contributed by atoms with Gasteiger partial charge in [-0.15, -0.1) is 0 Å². The molecule has 6 aliphatic rings. The van der Waals surface area contributed by atoms with Crippen LogP contribution in [-0.2, 0) is 14.7 Å². The molecule has 194 valence electrons. The van der Waals surface area contributed by atoms with E-state index in [1.165, 1.54) is 60.3 Å². The fraction of sp³-hybridized carbons (Fsp3) is 0.471. The summed E-state index contributed by atoms with van der Waals surface area (Å²) < 4.78 is 13.2. The van der Waals surface area contributed by atoms with Gasteiger partial charge in [0.1, 0.15) is 0 Å². The molecule has 1 saturated heterocycles. The van der Waals surface area contributed by atoms with E-state index in [1.807, 2.05) is 0 Å². The van der Waals surface area contributed by atoms with Crippen molar-refractivity contribution in [2.24, 2.45) is 23.7 Å². The number of hydrogen-bond acceptors (Lipinski definition) is 3. The van der Waals surface area contributed by atoms with Crippen molar-refractivity contribution in [2.45, 2.75) is 76.4 Å². The zero-order chi connectivity index (χ0) is 25.9. The van der Waals surface area contributed by atoms with E-state index in [1.54, 1.807) is 0 Å². The van der Waals surface area contributed by atoms with Crippen LogP contribution >= 0.6 is 0 Å². The van der Waals surface area contributed by atoms with Gasteiger partial charge in [-0.1, -0.05) is 48.5 Å². The van der Waals surface area contributed by atoms with Gasteiger partial charge in [-0.25, -0.2) is 0 Å². The van der Waals surface area contributed by atoms with Crippen LogP contribution in [0, 0.1) is 23.7 Å². The molecule has 38 heavy (non-hydrogen) atoms. The van der Waals surface area contributed by atoms with Crippen molar-refractivity contribution in [3.8, 4) is 0 Å². The summed E-state index contributed by atoms with van der Waals surface area (Å²) in [5.41, 5.74) is 7.48. The fourth-order valence-electron chi connectivity index (χ4n) is 9.16. The fourth-order valence-corrected chi connectivity index (χ4v) is 9.16. The third-order valence-electron chi connectivity index (χ3n) is 11.3. The van der Waals surface area contributed by atoms with Gasteiger partial charge < -0.3 is 14.2 Å². The molecule has 2 aliphatic heterocycles. The Morgan fingerprint density at radius 1 is 0.658 bits per heavy atom. The second-order valence-electron chi connectivity index (χ2n) is 13.7. The third-order valence-corrected chi connectivity index (χ3v) is 11.3. The minimum atomic E-state index is -0.351. The minimum Gasteiger partial charge on any atom is -0.399 e. The Balaban J connectivity index is 1.37. The number of rotatable bonds is 2. The Morgan fingerprint density at radius 3 is 1.89 bits per heavy atom. The second kappa shape index (κ2) is 7.76. The Kier molecular flexibility index (Phi) is 4.77. The summed E-state index contributed by atoms with van der Waals surface area (Å²) in [5, 5.41) is 0. The van der Waals surface area contributed by atoms with Crippen molar-refractivity contribution in [3.05, 3.63) is 83.9 Å². The van der Waals surface area contributed by atoms with E-state index in [0.717, 1.165) is 17.3 Å². The van der Waals surface area contributed by atoms with Crippen molar-refractivity contribution in [1.82, 2.24) is 0 Å². The van der Waals surface area contributed by atoms with Crippen molar-refractivity contribution in [3.63, 3.8) is 0 Å². The van der Waals surface area contributed by atoms with Crippen LogP contribution in [0.15, 0.2) is 72.8 Å². The van der Waals surface area contributed by atoms with Gasteiger partial charge in [0.15, 0.2) is 0 Å². The van der Waals surface area contributed by atoms with Crippen LogP contribution in [0.5, 0.6) is 0 Å². The van der Waals surface area contributed by atoms with E-state index in [0.29, 0.717) is 11.8 Å². The highest BCUT2D eigenvalue weighted by atomic mass is 16.7. The molecule has 4 aliphatic carbocycles. The smallest absolute Gasteiger partial charge is 0.399 e. The maximum Gasteiger partial charge on any atom is 0.494 e. The molecule has 0 radical (unpaired) electrons. The Bertz CT molecular complexity index is 1370. The third kappa shape index (κ3) is 2.99. The normalized spacial score (nSPS) is 33.5. The Labute approximate surface area is 227 Å². The summed E-state index contributed by atoms with van der Waals surface area (Å²) in [6, 6.07) is 27.4. The van der Waals surface area contributed by atoms with Gasteiger partial charge in [-0.2, -0.15) is 0 Å². The topological polar surface area (TPSA) is 21.7 Å². The first-order valence-electron chi connectivity index (χ1n) is 14.7. The van der Waals surface area contributed by atoms with E-state index in [4.69, 9.17) is 9.31 Å². The molecule has 0 amide bonds. The number of hydrogen-bond donors (Lipinski definition) is 0. The van der Waals surface area contributed by atoms with Gasteiger partial charge in [-0.3, -0.25) is 0 Å². The van der Waals surface area contributed by atoms with Crippen LogP contribution in [0.25, 0.3) is 0 Å². The monoisotopic (exact) mass is 503 g/mol. The average Bonchev–Trinajstić information content (AvgIpc) is 3.12. The zero-order valence-electron chi connectivity index (χ0n) is 23.1. The van der Waals surface area contributed by atoms with Gasteiger partial charge in [0.05, 0.1) is 22.6 Å². The van der Waals surface area contributed by atoms with Crippen LogP contribution in [0.1, 0.15) is 70.9 Å². The molecule has 4 heteroatoms. The highest BCUT2D eigenvalue weighted by Gasteiger charge is 2.62. The molecule has 3 nitrogen and oxygen atoms in total. The summed E-state index contributed by atoms with van der Waals surface area (Å²) in [4.78, 5) is 2.51. The van der Waals surface area contributed by atoms with Gasteiger partial charge in [0.25, 0.3) is 0 Å². The van der Waals surface area contributed by atoms with Gasteiger partial charge >= 0.3 is 7.12 Å². The van der Waals surface area contributed by atoms with Crippen LogP contribution < -0.4 is 10.4 Å². The molecule has 4 bridgehead atoms. The number of anilines is 3. The van der Waals surface area contributed by atoms with E-state index in [9.17, 15) is 0 Å². The number of benzene rings is 3. The minimum absolute atomic E-state index is 0.0598. The SMILES string of the molecule is CC1(C)OB(c2ccc3c(c2)C2(c4ccccc4N3c3ccccc3)C3CC4CC(C3)CC2C4)OC1(C)C. The number of para-hydroxylation sites is 2. The predicted octanol–water partition coefficient (Wildman–Crippen LogP) is 7.51. The summed E-state index contributed by atoms with van der Waals surface area (Å²) >= 11 is 0. The quantitative estimate of drug-likeness (QED) is 0.338. The maximum atomic E-state index is 6.58. The highest BCUT2D eigenvalue weighted by Crippen LogP contribution is 2.69. The first kappa shape index (κ1) is 23.3. The van der Waals surface area contributed by atoms with Crippen molar-refractivity contribution < 1.29 is 9.31 Å². The summed E-state index contributed by atoms with van der Waals surface area (Å²) in [5.74, 6) is 3.23. The molecular formula is C34H38BNO2. The molecule has 0 N–H and O–H groups in total. The number of nitrogens with zero attached hydrogens (tertiary/aromatic N) is 1. The van der Waals surface area contributed by atoms with Gasteiger partial charge in [-0.05, 0) is 124 Å². The van der Waals surface area contributed by atoms with Gasteiger partial charge in [0, 0.05) is 11.1 Å². The molecule has 0 unspecified atom stereocenters. The molecule has 5 fully saturated rings. The second-order valence-corrected chi connectivity index (χ2v) is 13.7. The molecule has 0 atom stereocenters. The standard InChI is InChI=1S/C34H38BNO2/c1-32(2)33(3,4)38-35(37-32)26-14-15-31-29(21-26)34(24-17-22-16-23(19-24)20-25(34)18-22)28-12-8-9-13-30(28)36(31)27-10-6-5-7-11-27/h5-15,21-25H,16-20H2,1-4H3. The lowest BCUT2D eigenvalue weighted by Gasteiger charge is -2.64. The van der Waals surface area contributed by atoms with Crippen LogP contribution in [0.3, 0.4) is 0 Å². The van der Waals surface area contributed by atoms with Crippen LogP contribution in [0.2, 0.25) is 0 Å². The van der Waals surface area contributed by atoms with E-state index in [2.05, 4.69) is 105 Å². The highest BCUT2D eigenvalue weighted by molar-refractivity contribution is 6.62. The molecule has 9 rings (SSSR count). The average molecular weight is 503 g/mol. The summed E-state index contributed by atoms with van der Waals surface area (Å²) in [7, 11) is -0.346. The Hall–Kier alpha value is -2.56. The number of fused-ring (bicyclic) bond motifs is 2. The molecule has 3 aromatic rings. The van der Waals surface area contributed by atoms with E-state index in [-0.39, 0.29) is 23.7 Å². The molecular weight excluding hydrogens is 465 g/mol. The molecule has 0 aromatic heterocycles. The lowest BCUT2D eigenvalue weighted by Crippen LogP contribution is -2.58. The largest absolute Gasteiger partial charge is 0.494 e.